The first-order valence-electron chi connectivity index (χ1n) is 11.1. The highest BCUT2D eigenvalue weighted by Crippen LogP contribution is 2.35. The van der Waals surface area contributed by atoms with E-state index in [-0.39, 0.29) is 0 Å². The van der Waals surface area contributed by atoms with E-state index in [2.05, 4.69) is 76.9 Å². The second-order valence-electron chi connectivity index (χ2n) is 8.66. The lowest BCUT2D eigenvalue weighted by molar-refractivity contribution is 0.711. The van der Waals surface area contributed by atoms with Crippen LogP contribution in [-0.4, -0.2) is 0 Å². The SMILES string of the molecule is C=C(S/C=C(\C)C(C)c1cc(C)c(CC)cc1C)c1ccc2c(c1)CCCCC2. The minimum atomic E-state index is 0.423. The Balaban J connectivity index is 1.73. The van der Waals surface area contributed by atoms with Gasteiger partial charge in [-0.2, -0.15) is 0 Å². The molecular weight excluding hydrogens is 368 g/mol. The third-order valence-corrected chi connectivity index (χ3v) is 7.57. The quantitative estimate of drug-likeness (QED) is 0.435. The van der Waals surface area contributed by atoms with Crippen LogP contribution in [0.3, 0.4) is 0 Å². The van der Waals surface area contributed by atoms with Crippen molar-refractivity contribution in [2.75, 3.05) is 0 Å². The maximum atomic E-state index is 4.37. The standard InChI is InChI=1S/C28H36S/c1-7-24-15-20(3)28(16-19(24)2)22(5)21(4)18-29-23(6)26-14-13-25-11-9-8-10-12-27(25)17-26/h13-18,22H,6-12H2,1-5H3/b21-18+. The zero-order valence-corrected chi connectivity index (χ0v) is 19.7. The summed E-state index contributed by atoms with van der Waals surface area (Å²) in [6.07, 6.45) is 7.58. The van der Waals surface area contributed by atoms with E-state index in [4.69, 9.17) is 0 Å². The highest BCUT2D eigenvalue weighted by molar-refractivity contribution is 8.10. The van der Waals surface area contributed by atoms with E-state index in [0.717, 1.165) is 11.3 Å². The van der Waals surface area contributed by atoms with E-state index in [1.54, 1.807) is 17.3 Å². The monoisotopic (exact) mass is 404 g/mol. The largest absolute Gasteiger partial charge is 0.0981 e. The molecule has 1 heteroatoms. The van der Waals surface area contributed by atoms with Crippen molar-refractivity contribution in [2.24, 2.45) is 0 Å². The van der Waals surface area contributed by atoms with Gasteiger partial charge >= 0.3 is 0 Å². The van der Waals surface area contributed by atoms with Crippen molar-refractivity contribution in [1.29, 1.82) is 0 Å². The van der Waals surface area contributed by atoms with Gasteiger partial charge in [-0.15, -0.1) is 0 Å². The molecular formula is C28H36S. The lowest BCUT2D eigenvalue weighted by Gasteiger charge is -2.18. The van der Waals surface area contributed by atoms with Gasteiger partial charge in [0.25, 0.3) is 0 Å². The number of thioether (sulfide) groups is 1. The van der Waals surface area contributed by atoms with Gasteiger partial charge in [0, 0.05) is 10.8 Å². The molecule has 0 saturated heterocycles. The average molecular weight is 405 g/mol. The van der Waals surface area contributed by atoms with Crippen molar-refractivity contribution in [2.45, 2.75) is 79.1 Å². The molecule has 0 amide bonds. The fourth-order valence-corrected chi connectivity index (χ4v) is 5.20. The zero-order chi connectivity index (χ0) is 21.0. The molecule has 1 aliphatic rings. The van der Waals surface area contributed by atoms with Crippen LogP contribution in [0.4, 0.5) is 0 Å². The van der Waals surface area contributed by atoms with Gasteiger partial charge in [0.15, 0.2) is 0 Å². The molecule has 2 aromatic carbocycles. The average Bonchev–Trinajstić information content (AvgIpc) is 2.97. The van der Waals surface area contributed by atoms with Crippen molar-refractivity contribution >= 4 is 16.7 Å². The van der Waals surface area contributed by atoms with Crippen molar-refractivity contribution < 1.29 is 0 Å². The first-order chi connectivity index (χ1) is 13.9. The lowest BCUT2D eigenvalue weighted by atomic mass is 9.88. The van der Waals surface area contributed by atoms with E-state index in [0.29, 0.717) is 5.92 Å². The van der Waals surface area contributed by atoms with E-state index in [9.17, 15) is 0 Å². The minimum Gasteiger partial charge on any atom is -0.0981 e. The Kier molecular flexibility index (Phi) is 7.46. The normalized spacial score (nSPS) is 15.6. The highest BCUT2D eigenvalue weighted by atomic mass is 32.2. The highest BCUT2D eigenvalue weighted by Gasteiger charge is 2.13. The Labute approximate surface area is 182 Å². The minimum absolute atomic E-state index is 0.423. The predicted molar refractivity (Wildman–Crippen MR) is 132 cm³/mol. The number of hydrogen-bond donors (Lipinski definition) is 0. The van der Waals surface area contributed by atoms with Crippen LogP contribution in [0.5, 0.6) is 0 Å². The number of benzene rings is 2. The topological polar surface area (TPSA) is 0 Å². The molecule has 1 atom stereocenters. The molecule has 1 unspecified atom stereocenters. The molecule has 29 heavy (non-hydrogen) atoms. The van der Waals surface area contributed by atoms with Crippen LogP contribution in [0.15, 0.2) is 47.9 Å². The summed E-state index contributed by atoms with van der Waals surface area (Å²) in [7, 11) is 0. The van der Waals surface area contributed by atoms with Crippen LogP contribution in [0.1, 0.15) is 84.9 Å². The van der Waals surface area contributed by atoms with Gasteiger partial charge in [-0.05, 0) is 97.2 Å². The Bertz CT molecular complexity index is 916. The molecule has 0 bridgehead atoms. The van der Waals surface area contributed by atoms with Gasteiger partial charge in [-0.1, -0.05) is 74.5 Å². The molecule has 0 spiro atoms. The third-order valence-electron chi connectivity index (χ3n) is 6.56. The summed E-state index contributed by atoms with van der Waals surface area (Å²) >= 11 is 1.78. The summed E-state index contributed by atoms with van der Waals surface area (Å²) in [5, 5.41) is 2.31. The van der Waals surface area contributed by atoms with Gasteiger partial charge < -0.3 is 0 Å². The summed E-state index contributed by atoms with van der Waals surface area (Å²) in [6, 6.07) is 11.8. The lowest BCUT2D eigenvalue weighted by Crippen LogP contribution is -2.01. The van der Waals surface area contributed by atoms with Gasteiger partial charge in [0.2, 0.25) is 0 Å². The summed E-state index contributed by atoms with van der Waals surface area (Å²) in [5.74, 6) is 0.423. The summed E-state index contributed by atoms with van der Waals surface area (Å²) in [6.45, 7) is 15.7. The zero-order valence-electron chi connectivity index (χ0n) is 18.9. The molecule has 0 heterocycles. The van der Waals surface area contributed by atoms with Crippen molar-refractivity contribution in [3.63, 3.8) is 0 Å². The van der Waals surface area contributed by atoms with Crippen molar-refractivity contribution in [3.8, 4) is 0 Å². The van der Waals surface area contributed by atoms with E-state index in [1.807, 2.05) is 0 Å². The predicted octanol–water partition coefficient (Wildman–Crippen LogP) is 8.55. The van der Waals surface area contributed by atoms with Gasteiger partial charge in [-0.3, -0.25) is 0 Å². The van der Waals surface area contributed by atoms with Gasteiger partial charge in [-0.25, -0.2) is 0 Å². The Morgan fingerprint density at radius 1 is 1.03 bits per heavy atom. The summed E-state index contributed by atoms with van der Waals surface area (Å²) in [4.78, 5) is 1.15. The van der Waals surface area contributed by atoms with Crippen molar-refractivity contribution in [1.82, 2.24) is 0 Å². The number of allylic oxidation sites excluding steroid dienone is 1. The molecule has 0 fully saturated rings. The fourth-order valence-electron chi connectivity index (χ4n) is 4.41. The first kappa shape index (κ1) is 22.0. The Hall–Kier alpha value is -1.73. The van der Waals surface area contributed by atoms with Crippen LogP contribution >= 0.6 is 11.8 Å². The Morgan fingerprint density at radius 3 is 2.48 bits per heavy atom. The number of hydrogen-bond acceptors (Lipinski definition) is 1. The van der Waals surface area contributed by atoms with E-state index < -0.39 is 0 Å². The summed E-state index contributed by atoms with van der Waals surface area (Å²) < 4.78 is 0. The number of fused-ring (bicyclic) bond motifs is 1. The fraction of sp³-hybridized carbons (Fsp3) is 0.429. The molecule has 0 nitrogen and oxygen atoms in total. The van der Waals surface area contributed by atoms with Crippen molar-refractivity contribution in [3.05, 3.63) is 86.8 Å². The van der Waals surface area contributed by atoms with Crippen LogP contribution in [-0.2, 0) is 19.3 Å². The van der Waals surface area contributed by atoms with Crippen LogP contribution < -0.4 is 0 Å². The summed E-state index contributed by atoms with van der Waals surface area (Å²) in [5.41, 5.74) is 11.5. The molecule has 1 aliphatic carbocycles. The molecule has 154 valence electrons. The molecule has 0 aliphatic heterocycles. The second kappa shape index (κ2) is 9.85. The van der Waals surface area contributed by atoms with Crippen LogP contribution in [0.2, 0.25) is 0 Å². The number of rotatable bonds is 6. The Morgan fingerprint density at radius 2 is 1.76 bits per heavy atom. The van der Waals surface area contributed by atoms with E-state index in [1.165, 1.54) is 71.1 Å². The molecule has 0 radical (unpaired) electrons. The van der Waals surface area contributed by atoms with Crippen LogP contribution in [0, 0.1) is 13.8 Å². The molecule has 0 aromatic heterocycles. The third kappa shape index (κ3) is 5.25. The first-order valence-corrected chi connectivity index (χ1v) is 12.0. The molecule has 2 aromatic rings. The maximum Gasteiger partial charge on any atom is 0.0116 e. The van der Waals surface area contributed by atoms with Crippen LogP contribution in [0.25, 0.3) is 4.91 Å². The molecule has 3 rings (SSSR count). The second-order valence-corrected chi connectivity index (χ2v) is 9.62. The van der Waals surface area contributed by atoms with Gasteiger partial charge in [0.1, 0.15) is 0 Å². The molecule has 0 N–H and O–H groups in total. The smallest absolute Gasteiger partial charge is 0.0116 e. The van der Waals surface area contributed by atoms with Gasteiger partial charge in [0.05, 0.1) is 0 Å². The number of aryl methyl sites for hydroxylation is 5. The maximum absolute atomic E-state index is 4.37. The van der Waals surface area contributed by atoms with E-state index >= 15 is 0 Å². The molecule has 0 saturated carbocycles.